The van der Waals surface area contributed by atoms with Gasteiger partial charge in [0.15, 0.2) is 5.69 Å². The molecule has 0 spiro atoms. The zero-order chi connectivity index (χ0) is 10.9. The van der Waals surface area contributed by atoms with E-state index in [2.05, 4.69) is 20.9 Å². The zero-order valence-electron chi connectivity index (χ0n) is 8.42. The van der Waals surface area contributed by atoms with Crippen molar-refractivity contribution in [2.45, 2.75) is 19.3 Å². The van der Waals surface area contributed by atoms with Crippen LogP contribution < -0.4 is 10.4 Å². The number of hydrogen-bond acceptors (Lipinski definition) is 2. The van der Waals surface area contributed by atoms with Crippen LogP contribution in [-0.2, 0) is 0 Å². The summed E-state index contributed by atoms with van der Waals surface area (Å²) >= 11 is 9.24. The number of aromatic nitrogens is 1. The summed E-state index contributed by atoms with van der Waals surface area (Å²) in [4.78, 5) is 4.12. The van der Waals surface area contributed by atoms with Gasteiger partial charge in [-0.15, -0.1) is 0 Å². The van der Waals surface area contributed by atoms with E-state index in [4.69, 9.17) is 17.4 Å². The van der Waals surface area contributed by atoms with Crippen LogP contribution in [0.5, 0.6) is 0 Å². The summed E-state index contributed by atoms with van der Waals surface area (Å²) < 4.78 is 1.30. The van der Waals surface area contributed by atoms with E-state index in [0.717, 1.165) is 23.2 Å². The Balaban J connectivity index is 2.31. The molecule has 0 aliphatic carbocycles. The molecule has 2 heterocycles. The normalized spacial score (nSPS) is 20.2. The minimum absolute atomic E-state index is 0.488. The number of piperidine rings is 1. The molecule has 0 unspecified atom stereocenters. The van der Waals surface area contributed by atoms with E-state index in [1.54, 1.807) is 6.20 Å². The van der Waals surface area contributed by atoms with E-state index >= 15 is 0 Å². The van der Waals surface area contributed by atoms with E-state index in [1.807, 2.05) is 6.07 Å². The second kappa shape index (κ2) is 4.37. The average molecular weight is 292 g/mol. The van der Waals surface area contributed by atoms with Crippen LogP contribution in [-0.4, -0.2) is 18.1 Å². The van der Waals surface area contributed by atoms with Gasteiger partial charge in [-0.1, -0.05) is 11.6 Å². The Morgan fingerprint density at radius 3 is 2.60 bits per heavy atom. The Kier molecular flexibility index (Phi) is 3.30. The molecule has 0 amide bonds. The SMILES string of the molecule is N[N+]1(c2cnc(Cl)c(Br)c2)CCCCC1. The molecule has 1 fully saturated rings. The van der Waals surface area contributed by atoms with Gasteiger partial charge in [-0.05, 0) is 35.2 Å². The molecule has 0 radical (unpaired) electrons. The number of hydrogen-bond donors (Lipinski definition) is 1. The molecule has 0 bridgehead atoms. The summed E-state index contributed by atoms with van der Waals surface area (Å²) in [6.07, 6.45) is 5.41. The summed E-state index contributed by atoms with van der Waals surface area (Å²) in [5.74, 6) is 6.33. The van der Waals surface area contributed by atoms with Crippen molar-refractivity contribution in [1.29, 1.82) is 0 Å². The van der Waals surface area contributed by atoms with Gasteiger partial charge in [0.05, 0.1) is 10.7 Å². The molecule has 0 aromatic carbocycles. The van der Waals surface area contributed by atoms with Gasteiger partial charge in [-0.2, -0.15) is 5.84 Å². The van der Waals surface area contributed by atoms with Crippen molar-refractivity contribution < 1.29 is 0 Å². The van der Waals surface area contributed by atoms with Crippen molar-refractivity contribution in [3.8, 4) is 0 Å². The lowest BCUT2D eigenvalue weighted by molar-refractivity contribution is 0.234. The number of nitrogens with two attached hydrogens (primary N) is 1. The van der Waals surface area contributed by atoms with E-state index in [9.17, 15) is 0 Å². The summed E-state index contributed by atoms with van der Waals surface area (Å²) in [6.45, 7) is 1.96. The second-order valence-electron chi connectivity index (χ2n) is 4.01. The van der Waals surface area contributed by atoms with Crippen LogP contribution >= 0.6 is 27.5 Å². The monoisotopic (exact) mass is 290 g/mol. The van der Waals surface area contributed by atoms with Gasteiger partial charge >= 0.3 is 0 Å². The predicted molar refractivity (Wildman–Crippen MR) is 66.5 cm³/mol. The molecular formula is C10H14BrClN3+. The first kappa shape index (κ1) is 11.3. The van der Waals surface area contributed by atoms with Crippen LogP contribution in [0.25, 0.3) is 0 Å². The molecule has 1 saturated heterocycles. The molecule has 15 heavy (non-hydrogen) atoms. The van der Waals surface area contributed by atoms with Crippen LogP contribution in [0.15, 0.2) is 16.7 Å². The van der Waals surface area contributed by atoms with Crippen LogP contribution in [0.4, 0.5) is 5.69 Å². The largest absolute Gasteiger partial charge is 0.237 e. The lowest BCUT2D eigenvalue weighted by Gasteiger charge is -2.35. The summed E-state index contributed by atoms with van der Waals surface area (Å²) in [6, 6.07) is 1.97. The van der Waals surface area contributed by atoms with E-state index < -0.39 is 0 Å². The topological polar surface area (TPSA) is 38.9 Å². The number of rotatable bonds is 1. The lowest BCUT2D eigenvalue weighted by Crippen LogP contribution is -2.58. The Bertz CT molecular complexity index is 364. The van der Waals surface area contributed by atoms with Gasteiger partial charge in [-0.3, -0.25) is 0 Å². The maximum Gasteiger partial charge on any atom is 0.171 e. The second-order valence-corrected chi connectivity index (χ2v) is 5.22. The Morgan fingerprint density at radius 1 is 1.33 bits per heavy atom. The van der Waals surface area contributed by atoms with E-state index in [1.165, 1.54) is 19.3 Å². The highest BCUT2D eigenvalue weighted by Crippen LogP contribution is 2.29. The third-order valence-electron chi connectivity index (χ3n) is 2.91. The van der Waals surface area contributed by atoms with Crippen molar-refractivity contribution in [3.63, 3.8) is 0 Å². The van der Waals surface area contributed by atoms with Crippen molar-refractivity contribution >= 4 is 33.2 Å². The Labute approximate surface area is 103 Å². The molecule has 3 nitrogen and oxygen atoms in total. The maximum atomic E-state index is 6.33. The molecule has 1 aliphatic heterocycles. The van der Waals surface area contributed by atoms with Crippen molar-refractivity contribution in [2.75, 3.05) is 13.1 Å². The predicted octanol–water partition coefficient (Wildman–Crippen LogP) is 2.86. The van der Waals surface area contributed by atoms with Gasteiger partial charge < -0.3 is 0 Å². The third kappa shape index (κ3) is 2.33. The molecule has 1 aromatic rings. The molecule has 1 aliphatic rings. The first-order chi connectivity index (χ1) is 7.12. The average Bonchev–Trinajstić information content (AvgIpc) is 2.23. The van der Waals surface area contributed by atoms with Gasteiger partial charge in [0.1, 0.15) is 18.2 Å². The number of nitrogens with zero attached hydrogens (tertiary/aromatic N) is 2. The fourth-order valence-corrected chi connectivity index (χ4v) is 2.43. The highest BCUT2D eigenvalue weighted by Gasteiger charge is 2.29. The molecule has 1 aromatic heterocycles. The number of halogens is 2. The Morgan fingerprint density at radius 2 is 2.00 bits per heavy atom. The van der Waals surface area contributed by atoms with Crippen molar-refractivity contribution in [1.82, 2.24) is 9.58 Å². The highest BCUT2D eigenvalue weighted by molar-refractivity contribution is 9.10. The fourth-order valence-electron chi connectivity index (χ4n) is 1.99. The van der Waals surface area contributed by atoms with Gasteiger partial charge in [-0.25, -0.2) is 9.58 Å². The minimum Gasteiger partial charge on any atom is -0.237 e. The Hall–Kier alpha value is -0.160. The van der Waals surface area contributed by atoms with Gasteiger partial charge in [0, 0.05) is 6.07 Å². The van der Waals surface area contributed by atoms with Crippen LogP contribution in [0, 0.1) is 0 Å². The van der Waals surface area contributed by atoms with Crippen LogP contribution in [0.2, 0.25) is 5.15 Å². The smallest absolute Gasteiger partial charge is 0.171 e. The molecule has 0 saturated carbocycles. The summed E-state index contributed by atoms with van der Waals surface area (Å²) in [5.41, 5.74) is 1.03. The molecule has 82 valence electrons. The molecule has 5 heteroatoms. The van der Waals surface area contributed by atoms with Crippen molar-refractivity contribution in [3.05, 3.63) is 21.9 Å². The van der Waals surface area contributed by atoms with Gasteiger partial charge in [0.2, 0.25) is 0 Å². The molecule has 2 rings (SSSR count). The summed E-state index contributed by atoms with van der Waals surface area (Å²) in [5, 5.41) is 0.488. The molecular weight excluding hydrogens is 277 g/mol. The number of quaternary nitrogens is 1. The first-order valence-corrected chi connectivity index (χ1v) is 6.26. The summed E-state index contributed by atoms with van der Waals surface area (Å²) in [7, 11) is 0. The maximum absolute atomic E-state index is 6.33. The number of pyridine rings is 1. The van der Waals surface area contributed by atoms with Crippen LogP contribution in [0.3, 0.4) is 0 Å². The van der Waals surface area contributed by atoms with Crippen molar-refractivity contribution in [2.24, 2.45) is 5.84 Å². The highest BCUT2D eigenvalue weighted by atomic mass is 79.9. The van der Waals surface area contributed by atoms with E-state index in [-0.39, 0.29) is 0 Å². The quantitative estimate of drug-likeness (QED) is 0.491. The van der Waals surface area contributed by atoms with E-state index in [0.29, 0.717) is 9.75 Å². The van der Waals surface area contributed by atoms with Gasteiger partial charge in [0.25, 0.3) is 0 Å². The standard InChI is InChI=1S/C10H14BrClN3/c11-9-6-8(7-14-10(9)12)15(13)4-2-1-3-5-15/h6-7H,1-5,13H2/q+1. The fraction of sp³-hybridized carbons (Fsp3) is 0.500. The lowest BCUT2D eigenvalue weighted by atomic mass is 10.1. The molecule has 0 atom stereocenters. The zero-order valence-corrected chi connectivity index (χ0v) is 10.8. The third-order valence-corrected chi connectivity index (χ3v) is 4.04. The van der Waals surface area contributed by atoms with Crippen LogP contribution in [0.1, 0.15) is 19.3 Å². The minimum atomic E-state index is 0.488. The first-order valence-electron chi connectivity index (χ1n) is 5.09. The molecule has 2 N–H and O–H groups in total.